The van der Waals surface area contributed by atoms with Crippen LogP contribution < -0.4 is 5.46 Å². The van der Waals surface area contributed by atoms with E-state index in [2.05, 4.69) is 9.80 Å². The number of piperazine rings is 1. The summed E-state index contributed by atoms with van der Waals surface area (Å²) in [4.78, 5) is 4.82. The Balaban J connectivity index is 1.63. The van der Waals surface area contributed by atoms with Crippen molar-refractivity contribution in [3.63, 3.8) is 0 Å². The third-order valence-corrected chi connectivity index (χ3v) is 4.25. The summed E-state index contributed by atoms with van der Waals surface area (Å²) in [6.45, 7) is 4.75. The predicted octanol–water partition coefficient (Wildman–Crippen LogP) is -0.214. The lowest BCUT2D eigenvalue weighted by Gasteiger charge is -2.35. The second-order valence-corrected chi connectivity index (χ2v) is 5.76. The Morgan fingerprint density at radius 2 is 1.85 bits per heavy atom. The van der Waals surface area contributed by atoms with Crippen LogP contribution in [0.4, 0.5) is 4.39 Å². The number of halogens is 1. The lowest BCUT2D eigenvalue weighted by Crippen LogP contribution is -2.47. The van der Waals surface area contributed by atoms with Gasteiger partial charge >= 0.3 is 7.12 Å². The molecule has 1 saturated carbocycles. The highest BCUT2D eigenvalue weighted by Crippen LogP contribution is 2.27. The van der Waals surface area contributed by atoms with Crippen LogP contribution in [0.15, 0.2) is 18.2 Å². The highest BCUT2D eigenvalue weighted by atomic mass is 19.1. The van der Waals surface area contributed by atoms with Gasteiger partial charge < -0.3 is 10.0 Å². The Kier molecular flexibility index (Phi) is 4.07. The van der Waals surface area contributed by atoms with Crippen molar-refractivity contribution in [3.05, 3.63) is 29.6 Å². The molecule has 3 rings (SSSR count). The quantitative estimate of drug-likeness (QED) is 0.748. The Labute approximate surface area is 119 Å². The monoisotopic (exact) mass is 278 g/mol. The van der Waals surface area contributed by atoms with Crippen molar-refractivity contribution in [2.45, 2.75) is 25.4 Å². The highest BCUT2D eigenvalue weighted by molar-refractivity contribution is 6.59. The molecular weight excluding hydrogens is 258 g/mol. The molecule has 108 valence electrons. The van der Waals surface area contributed by atoms with Crippen molar-refractivity contribution in [3.8, 4) is 0 Å². The van der Waals surface area contributed by atoms with Crippen molar-refractivity contribution in [2.24, 2.45) is 0 Å². The van der Waals surface area contributed by atoms with Gasteiger partial charge in [-0.25, -0.2) is 4.39 Å². The van der Waals surface area contributed by atoms with Gasteiger partial charge in [-0.2, -0.15) is 0 Å². The minimum Gasteiger partial charge on any atom is -0.423 e. The molecule has 0 amide bonds. The van der Waals surface area contributed by atoms with Gasteiger partial charge in [0.05, 0.1) is 0 Å². The van der Waals surface area contributed by atoms with Crippen LogP contribution in [0, 0.1) is 5.82 Å². The van der Waals surface area contributed by atoms with E-state index in [9.17, 15) is 14.4 Å². The molecule has 1 heterocycles. The molecule has 1 aliphatic heterocycles. The third kappa shape index (κ3) is 3.20. The molecular formula is C14H20BFN2O2. The Hall–Kier alpha value is -0.945. The fourth-order valence-electron chi connectivity index (χ4n) is 2.92. The molecule has 2 N–H and O–H groups in total. The summed E-state index contributed by atoms with van der Waals surface area (Å²) in [5, 5.41) is 18.7. The van der Waals surface area contributed by atoms with E-state index in [-0.39, 0.29) is 5.46 Å². The Morgan fingerprint density at radius 1 is 1.15 bits per heavy atom. The van der Waals surface area contributed by atoms with Gasteiger partial charge in [-0.1, -0.05) is 6.07 Å². The normalized spacial score (nSPS) is 21.1. The first kappa shape index (κ1) is 14.0. The summed E-state index contributed by atoms with van der Waals surface area (Å²) in [6, 6.07) is 5.04. The van der Waals surface area contributed by atoms with E-state index in [1.54, 1.807) is 6.07 Å². The summed E-state index contributed by atoms with van der Waals surface area (Å²) >= 11 is 0. The highest BCUT2D eigenvalue weighted by Gasteiger charge is 2.31. The zero-order valence-electron chi connectivity index (χ0n) is 11.5. The SMILES string of the molecule is OB(O)c1cc(F)ccc1CN1CCN(C2CC2)CC1. The Bertz CT molecular complexity index is 474. The molecule has 1 aromatic carbocycles. The van der Waals surface area contributed by atoms with Gasteiger partial charge in [-0.15, -0.1) is 0 Å². The molecule has 1 aromatic rings. The zero-order chi connectivity index (χ0) is 14.1. The maximum absolute atomic E-state index is 13.2. The minimum absolute atomic E-state index is 0.273. The van der Waals surface area contributed by atoms with Gasteiger partial charge in [0.2, 0.25) is 0 Å². The van der Waals surface area contributed by atoms with E-state index < -0.39 is 12.9 Å². The van der Waals surface area contributed by atoms with Crippen molar-refractivity contribution < 1.29 is 14.4 Å². The molecule has 6 heteroatoms. The molecule has 0 atom stereocenters. The van der Waals surface area contributed by atoms with Gasteiger partial charge in [0.25, 0.3) is 0 Å². The first-order chi connectivity index (χ1) is 9.63. The summed E-state index contributed by atoms with van der Waals surface area (Å²) in [5.41, 5.74) is 1.07. The largest absolute Gasteiger partial charge is 0.488 e. The van der Waals surface area contributed by atoms with E-state index in [0.717, 1.165) is 37.8 Å². The smallest absolute Gasteiger partial charge is 0.423 e. The topological polar surface area (TPSA) is 46.9 Å². The van der Waals surface area contributed by atoms with Crippen LogP contribution in [0.25, 0.3) is 0 Å². The summed E-state index contributed by atoms with van der Waals surface area (Å²) in [7, 11) is -1.62. The molecule has 1 saturated heterocycles. The number of hydrogen-bond donors (Lipinski definition) is 2. The number of rotatable bonds is 4. The fourth-order valence-corrected chi connectivity index (χ4v) is 2.92. The fraction of sp³-hybridized carbons (Fsp3) is 0.571. The number of hydrogen-bond acceptors (Lipinski definition) is 4. The van der Waals surface area contributed by atoms with Gasteiger partial charge in [-0.3, -0.25) is 9.80 Å². The van der Waals surface area contributed by atoms with Crippen LogP contribution in [-0.4, -0.2) is 59.2 Å². The van der Waals surface area contributed by atoms with Crippen molar-refractivity contribution >= 4 is 12.6 Å². The second kappa shape index (κ2) is 5.81. The van der Waals surface area contributed by atoms with Crippen molar-refractivity contribution in [1.82, 2.24) is 9.80 Å². The molecule has 20 heavy (non-hydrogen) atoms. The molecule has 4 nitrogen and oxygen atoms in total. The summed E-state index contributed by atoms with van der Waals surface area (Å²) in [6.07, 6.45) is 2.66. The maximum atomic E-state index is 13.2. The van der Waals surface area contributed by atoms with E-state index in [1.165, 1.54) is 25.0 Å². The van der Waals surface area contributed by atoms with E-state index in [4.69, 9.17) is 0 Å². The van der Waals surface area contributed by atoms with Gasteiger partial charge in [0.15, 0.2) is 0 Å². The van der Waals surface area contributed by atoms with Crippen LogP contribution in [0.1, 0.15) is 18.4 Å². The molecule has 0 spiro atoms. The summed E-state index contributed by atoms with van der Waals surface area (Å²) < 4.78 is 13.2. The van der Waals surface area contributed by atoms with Gasteiger partial charge in [-0.05, 0) is 36.0 Å². The average Bonchev–Trinajstić information content (AvgIpc) is 3.26. The molecule has 1 aliphatic carbocycles. The van der Waals surface area contributed by atoms with E-state index >= 15 is 0 Å². The van der Waals surface area contributed by atoms with E-state index in [1.807, 2.05) is 0 Å². The number of nitrogens with zero attached hydrogens (tertiary/aromatic N) is 2. The third-order valence-electron chi connectivity index (χ3n) is 4.25. The van der Waals surface area contributed by atoms with Crippen LogP contribution >= 0.6 is 0 Å². The lowest BCUT2D eigenvalue weighted by atomic mass is 9.77. The molecule has 2 aliphatic rings. The molecule has 0 bridgehead atoms. The number of benzene rings is 1. The predicted molar refractivity (Wildman–Crippen MR) is 76.1 cm³/mol. The van der Waals surface area contributed by atoms with Crippen molar-refractivity contribution in [2.75, 3.05) is 26.2 Å². The first-order valence-corrected chi connectivity index (χ1v) is 7.24. The molecule has 0 radical (unpaired) electrons. The standard InChI is InChI=1S/C14H20BFN2O2/c16-12-2-1-11(14(9-12)15(19)20)10-17-5-7-18(8-6-17)13-3-4-13/h1-2,9,13,19-20H,3-8,10H2. The van der Waals surface area contributed by atoms with Crippen LogP contribution in [0.3, 0.4) is 0 Å². The van der Waals surface area contributed by atoms with Crippen LogP contribution in [0.2, 0.25) is 0 Å². The lowest BCUT2D eigenvalue weighted by molar-refractivity contribution is 0.121. The molecule has 2 fully saturated rings. The second-order valence-electron chi connectivity index (χ2n) is 5.76. The summed E-state index contributed by atoms with van der Waals surface area (Å²) in [5.74, 6) is -0.435. The van der Waals surface area contributed by atoms with E-state index in [0.29, 0.717) is 6.54 Å². The van der Waals surface area contributed by atoms with Crippen LogP contribution in [-0.2, 0) is 6.54 Å². The average molecular weight is 278 g/mol. The van der Waals surface area contributed by atoms with Gasteiger partial charge in [0.1, 0.15) is 5.82 Å². The molecule has 0 aromatic heterocycles. The maximum Gasteiger partial charge on any atom is 0.488 e. The first-order valence-electron chi connectivity index (χ1n) is 7.24. The Morgan fingerprint density at radius 3 is 2.45 bits per heavy atom. The van der Waals surface area contributed by atoms with Gasteiger partial charge in [0, 0.05) is 38.8 Å². The minimum atomic E-state index is -1.62. The zero-order valence-corrected chi connectivity index (χ0v) is 11.5. The van der Waals surface area contributed by atoms with Crippen molar-refractivity contribution in [1.29, 1.82) is 0 Å². The molecule has 0 unspecified atom stereocenters. The van der Waals surface area contributed by atoms with Crippen LogP contribution in [0.5, 0.6) is 0 Å².